The number of rotatable bonds is 2. The summed E-state index contributed by atoms with van der Waals surface area (Å²) in [5.41, 5.74) is 2.97. The minimum Gasteiger partial charge on any atom is -0.367 e. The summed E-state index contributed by atoms with van der Waals surface area (Å²) in [6.07, 6.45) is 1.92. The van der Waals surface area contributed by atoms with Gasteiger partial charge in [-0.05, 0) is 30.3 Å². The first-order valence-electron chi connectivity index (χ1n) is 8.33. The number of piperazine rings is 1. The van der Waals surface area contributed by atoms with Crippen LogP contribution in [0.3, 0.4) is 0 Å². The number of benzene rings is 2. The van der Waals surface area contributed by atoms with Crippen molar-refractivity contribution >= 4 is 39.9 Å². The molecule has 1 aliphatic heterocycles. The van der Waals surface area contributed by atoms with Crippen LogP contribution in [0.4, 0.5) is 16.2 Å². The van der Waals surface area contributed by atoms with Crippen LogP contribution < -0.4 is 10.2 Å². The maximum Gasteiger partial charge on any atom is 0.321 e. The Morgan fingerprint density at radius 2 is 1.80 bits per heavy atom. The molecule has 0 atom stereocenters. The van der Waals surface area contributed by atoms with E-state index in [1.165, 1.54) is 0 Å². The molecule has 0 aliphatic carbocycles. The molecule has 0 radical (unpaired) electrons. The van der Waals surface area contributed by atoms with Gasteiger partial charge in [-0.1, -0.05) is 29.8 Å². The minimum absolute atomic E-state index is 0.0521. The Kier molecular flexibility index (Phi) is 4.24. The lowest BCUT2D eigenvalue weighted by molar-refractivity contribution is 0.208. The van der Waals surface area contributed by atoms with E-state index in [9.17, 15) is 4.79 Å². The van der Waals surface area contributed by atoms with Crippen LogP contribution in [-0.2, 0) is 0 Å². The third-order valence-corrected chi connectivity index (χ3v) is 4.76. The first-order valence-corrected chi connectivity index (χ1v) is 8.71. The number of nitrogens with zero attached hydrogens (tertiary/aromatic N) is 2. The zero-order chi connectivity index (χ0) is 17.2. The highest BCUT2D eigenvalue weighted by molar-refractivity contribution is 6.31. The van der Waals surface area contributed by atoms with Gasteiger partial charge in [0.15, 0.2) is 0 Å². The van der Waals surface area contributed by atoms with Gasteiger partial charge in [-0.3, -0.25) is 0 Å². The number of fused-ring (bicyclic) bond motifs is 1. The van der Waals surface area contributed by atoms with Gasteiger partial charge < -0.3 is 20.1 Å². The number of anilines is 2. The minimum atomic E-state index is -0.0521. The maximum atomic E-state index is 12.4. The molecule has 2 heterocycles. The van der Waals surface area contributed by atoms with E-state index in [1.54, 1.807) is 0 Å². The number of amides is 2. The normalized spacial score (nSPS) is 14.8. The van der Waals surface area contributed by atoms with E-state index in [1.807, 2.05) is 53.6 Å². The fraction of sp³-hybridized carbons (Fsp3) is 0.211. The average molecular weight is 355 g/mol. The summed E-state index contributed by atoms with van der Waals surface area (Å²) in [6.45, 7) is 2.92. The standard InChI is InChI=1S/C19H19ClN4O/c20-14-12-17-16(6-7-21-17)18(13-14)23-8-10-24(11-9-23)19(25)22-15-4-2-1-3-5-15/h1-7,12-13,21H,8-11H2,(H,22,25). The lowest BCUT2D eigenvalue weighted by Crippen LogP contribution is -2.50. The lowest BCUT2D eigenvalue weighted by atomic mass is 10.1. The average Bonchev–Trinajstić information content (AvgIpc) is 3.10. The van der Waals surface area contributed by atoms with Crippen molar-refractivity contribution < 1.29 is 4.79 Å². The summed E-state index contributed by atoms with van der Waals surface area (Å²) in [7, 11) is 0. The molecule has 1 aromatic heterocycles. The van der Waals surface area contributed by atoms with Gasteiger partial charge >= 0.3 is 6.03 Å². The van der Waals surface area contributed by atoms with E-state index in [-0.39, 0.29) is 6.03 Å². The van der Waals surface area contributed by atoms with Gasteiger partial charge in [0.1, 0.15) is 0 Å². The highest BCUT2D eigenvalue weighted by Gasteiger charge is 2.22. The van der Waals surface area contributed by atoms with Gasteiger partial charge in [-0.2, -0.15) is 0 Å². The Hall–Kier alpha value is -2.66. The van der Waals surface area contributed by atoms with Crippen molar-refractivity contribution in [2.75, 3.05) is 36.4 Å². The predicted molar refractivity (Wildman–Crippen MR) is 103 cm³/mol. The van der Waals surface area contributed by atoms with Gasteiger partial charge in [0.2, 0.25) is 0 Å². The van der Waals surface area contributed by atoms with Crippen LogP contribution in [-0.4, -0.2) is 42.1 Å². The van der Waals surface area contributed by atoms with Crippen LogP contribution in [0.15, 0.2) is 54.7 Å². The smallest absolute Gasteiger partial charge is 0.321 e. The van der Waals surface area contributed by atoms with Gasteiger partial charge in [-0.25, -0.2) is 4.79 Å². The van der Waals surface area contributed by atoms with Gasteiger partial charge in [-0.15, -0.1) is 0 Å². The molecule has 1 fully saturated rings. The summed E-state index contributed by atoms with van der Waals surface area (Å²) in [5.74, 6) is 0. The topological polar surface area (TPSA) is 51.4 Å². The van der Waals surface area contributed by atoms with Gasteiger partial charge in [0.25, 0.3) is 0 Å². The molecule has 0 spiro atoms. The summed E-state index contributed by atoms with van der Waals surface area (Å²) in [6, 6.07) is 15.5. The Bertz CT molecular complexity index is 885. The van der Waals surface area contributed by atoms with E-state index in [2.05, 4.69) is 21.3 Å². The van der Waals surface area contributed by atoms with E-state index >= 15 is 0 Å². The third kappa shape index (κ3) is 3.28. The van der Waals surface area contributed by atoms with E-state index in [0.29, 0.717) is 18.1 Å². The number of aromatic nitrogens is 1. The van der Waals surface area contributed by atoms with Crippen molar-refractivity contribution in [3.63, 3.8) is 0 Å². The number of carbonyl (C=O) groups excluding carboxylic acids is 1. The van der Waals surface area contributed by atoms with Gasteiger partial charge in [0, 0.05) is 59.7 Å². The SMILES string of the molecule is O=C(Nc1ccccc1)N1CCN(c2cc(Cl)cc3[nH]ccc23)CC1. The highest BCUT2D eigenvalue weighted by Crippen LogP contribution is 2.31. The molecule has 1 aliphatic rings. The number of nitrogens with one attached hydrogen (secondary N) is 2. The van der Waals surface area contributed by atoms with Crippen molar-refractivity contribution in [3.05, 3.63) is 59.8 Å². The Balaban J connectivity index is 1.44. The molecule has 1 saturated heterocycles. The summed E-state index contributed by atoms with van der Waals surface area (Å²) < 4.78 is 0. The first-order chi connectivity index (χ1) is 12.2. The van der Waals surface area contributed by atoms with Crippen molar-refractivity contribution in [2.45, 2.75) is 0 Å². The lowest BCUT2D eigenvalue weighted by Gasteiger charge is -2.36. The molecule has 0 saturated carbocycles. The molecule has 3 aromatic rings. The fourth-order valence-electron chi connectivity index (χ4n) is 3.25. The van der Waals surface area contributed by atoms with Crippen LogP contribution in [0.25, 0.3) is 10.9 Å². The van der Waals surface area contributed by atoms with Crippen molar-refractivity contribution in [2.24, 2.45) is 0 Å². The number of carbonyl (C=O) groups is 1. The van der Waals surface area contributed by atoms with E-state index in [0.717, 1.165) is 35.4 Å². The van der Waals surface area contributed by atoms with Crippen LogP contribution in [0.1, 0.15) is 0 Å². The molecular formula is C19H19ClN4O. The number of urea groups is 1. The molecule has 0 bridgehead atoms. The second-order valence-corrected chi connectivity index (χ2v) is 6.57. The zero-order valence-electron chi connectivity index (χ0n) is 13.7. The molecule has 5 nitrogen and oxygen atoms in total. The number of hydrogen-bond donors (Lipinski definition) is 2. The monoisotopic (exact) mass is 354 g/mol. The second kappa shape index (κ2) is 6.69. The van der Waals surface area contributed by atoms with Crippen LogP contribution in [0, 0.1) is 0 Å². The fourth-order valence-corrected chi connectivity index (χ4v) is 3.46. The first kappa shape index (κ1) is 15.8. The number of H-pyrrole nitrogens is 1. The Morgan fingerprint density at radius 3 is 2.56 bits per heavy atom. The van der Waals surface area contributed by atoms with E-state index in [4.69, 9.17) is 11.6 Å². The van der Waals surface area contributed by atoms with Crippen molar-refractivity contribution in [3.8, 4) is 0 Å². The van der Waals surface area contributed by atoms with Crippen molar-refractivity contribution in [1.29, 1.82) is 0 Å². The molecule has 4 rings (SSSR count). The highest BCUT2D eigenvalue weighted by atomic mass is 35.5. The van der Waals surface area contributed by atoms with E-state index < -0.39 is 0 Å². The Labute approximate surface area is 151 Å². The summed E-state index contributed by atoms with van der Waals surface area (Å²) in [4.78, 5) is 19.8. The molecule has 2 N–H and O–H groups in total. The number of para-hydroxylation sites is 1. The van der Waals surface area contributed by atoms with Crippen LogP contribution in [0.2, 0.25) is 5.02 Å². The molecule has 0 unspecified atom stereocenters. The van der Waals surface area contributed by atoms with Gasteiger partial charge in [0.05, 0.1) is 0 Å². The largest absolute Gasteiger partial charge is 0.367 e. The Morgan fingerprint density at radius 1 is 1.04 bits per heavy atom. The number of aromatic amines is 1. The molecule has 25 heavy (non-hydrogen) atoms. The van der Waals surface area contributed by atoms with Crippen molar-refractivity contribution in [1.82, 2.24) is 9.88 Å². The number of halogens is 1. The molecule has 6 heteroatoms. The molecule has 128 valence electrons. The quantitative estimate of drug-likeness (QED) is 0.725. The number of hydrogen-bond acceptors (Lipinski definition) is 2. The second-order valence-electron chi connectivity index (χ2n) is 6.13. The molecule has 2 aromatic carbocycles. The maximum absolute atomic E-state index is 12.4. The molecular weight excluding hydrogens is 336 g/mol. The third-order valence-electron chi connectivity index (χ3n) is 4.54. The zero-order valence-corrected chi connectivity index (χ0v) is 14.5. The van der Waals surface area contributed by atoms with Crippen LogP contribution >= 0.6 is 11.6 Å². The predicted octanol–water partition coefficient (Wildman–Crippen LogP) is 4.18. The summed E-state index contributed by atoms with van der Waals surface area (Å²) >= 11 is 6.25. The summed E-state index contributed by atoms with van der Waals surface area (Å²) in [5, 5.41) is 4.82. The van der Waals surface area contributed by atoms with Crippen LogP contribution in [0.5, 0.6) is 0 Å². The molecule has 2 amide bonds.